The number of nitrogens with zero attached hydrogens (tertiary/aromatic N) is 2. The molecule has 0 radical (unpaired) electrons. The predicted octanol–water partition coefficient (Wildman–Crippen LogP) is 15.9. The molecule has 0 spiro atoms. The highest BCUT2D eigenvalue weighted by molar-refractivity contribution is 6.99. The smallest absolute Gasteiger partial charge is 0.297 e. The van der Waals surface area contributed by atoms with Gasteiger partial charge in [0, 0.05) is 33.7 Å². The molecule has 4 aromatic rings. The average molecular weight is 897 g/mol. The monoisotopic (exact) mass is 897 g/mol. The van der Waals surface area contributed by atoms with Gasteiger partial charge in [-0.05, 0) is 177 Å². The van der Waals surface area contributed by atoms with Gasteiger partial charge in [0.15, 0.2) is 0 Å². The van der Waals surface area contributed by atoms with Crippen LogP contribution in [0.3, 0.4) is 0 Å². The number of hydrogen-bond acceptors (Lipinski definition) is 3. The van der Waals surface area contributed by atoms with E-state index in [2.05, 4.69) is 197 Å². The Morgan fingerprint density at radius 1 is 0.657 bits per heavy atom. The van der Waals surface area contributed by atoms with E-state index in [1.54, 1.807) is 22.3 Å². The van der Waals surface area contributed by atoms with Crippen LogP contribution in [0.25, 0.3) is 0 Å². The number of benzene rings is 3. The number of allylic oxidation sites excluding steroid dienone is 2. The summed E-state index contributed by atoms with van der Waals surface area (Å²) in [6, 6.07) is 15.8. The summed E-state index contributed by atoms with van der Waals surface area (Å²) in [4.78, 5) is 5.59. The molecule has 0 saturated heterocycles. The lowest BCUT2D eigenvalue weighted by molar-refractivity contribution is 0.256. The zero-order chi connectivity index (χ0) is 48.7. The van der Waals surface area contributed by atoms with Crippen molar-refractivity contribution in [3.05, 3.63) is 104 Å². The van der Waals surface area contributed by atoms with Crippen LogP contribution in [0.4, 0.5) is 28.4 Å². The summed E-state index contributed by atoms with van der Waals surface area (Å²) in [6.45, 7) is 48.9. The van der Waals surface area contributed by atoms with Crippen LogP contribution < -0.4 is 26.4 Å². The summed E-state index contributed by atoms with van der Waals surface area (Å²) in [7, 11) is 0. The molecule has 3 heterocycles. The first kappa shape index (κ1) is 46.8. The summed E-state index contributed by atoms with van der Waals surface area (Å²) in [6.07, 6.45) is 13.3. The molecule has 0 fully saturated rings. The first-order chi connectivity index (χ1) is 30.9. The molecule has 3 aromatic carbocycles. The van der Waals surface area contributed by atoms with E-state index in [-0.39, 0.29) is 50.7 Å². The van der Waals surface area contributed by atoms with Crippen LogP contribution >= 0.6 is 0 Å². The highest BCUT2D eigenvalue weighted by Crippen LogP contribution is 2.58. The number of rotatable bonds is 3. The van der Waals surface area contributed by atoms with E-state index in [9.17, 15) is 0 Å². The standard InChI is InChI=1S/C63H85BN2O/c1-36(2)40-23-24-59(11,12)43-34-47-49(33-41(40)43)66(48-35-45(58(8,9)10)44(31-38(48)4)57(5,6)7)51-30-37(3)29-50-53(51)64(47)56-54(52-55(67-56)63(19,20)28-27-62(52,17)18)65(50)39-21-22-42-46(32-39)61(15,16)26-25-60(42,13)14/h21-22,29-31,33-36,39-40H,23-28,32H2,1-20H3. The first-order valence-corrected chi connectivity index (χ1v) is 26.5. The topological polar surface area (TPSA) is 19.6 Å². The van der Waals surface area contributed by atoms with Crippen molar-refractivity contribution in [1.29, 1.82) is 0 Å². The van der Waals surface area contributed by atoms with Gasteiger partial charge >= 0.3 is 0 Å². The second kappa shape index (κ2) is 14.6. The van der Waals surface area contributed by atoms with E-state index in [0.717, 1.165) is 19.3 Å². The average Bonchev–Trinajstić information content (AvgIpc) is 3.63. The molecule has 0 bridgehead atoms. The van der Waals surface area contributed by atoms with Crippen molar-refractivity contribution in [3.63, 3.8) is 0 Å². The second-order valence-corrected chi connectivity index (χ2v) is 28.4. The fraction of sp³-hybridized carbons (Fsp3) is 0.587. The quantitative estimate of drug-likeness (QED) is 0.168. The molecule has 4 aliphatic carbocycles. The molecule has 6 aliphatic rings. The molecule has 0 saturated carbocycles. The Morgan fingerprint density at radius 2 is 1.27 bits per heavy atom. The summed E-state index contributed by atoms with van der Waals surface area (Å²) < 4.78 is 7.86. The van der Waals surface area contributed by atoms with Crippen molar-refractivity contribution in [2.45, 2.75) is 222 Å². The van der Waals surface area contributed by atoms with Crippen LogP contribution in [0.5, 0.6) is 0 Å². The molecule has 4 heteroatoms. The molecule has 67 heavy (non-hydrogen) atoms. The Kier molecular flexibility index (Phi) is 10.2. The summed E-state index contributed by atoms with van der Waals surface area (Å²) in [5, 5.41) is 0. The number of hydrogen-bond donors (Lipinski definition) is 0. The van der Waals surface area contributed by atoms with Gasteiger partial charge in [0.1, 0.15) is 5.76 Å². The third-order valence-corrected chi connectivity index (χ3v) is 18.6. The minimum absolute atomic E-state index is 0.0102. The molecule has 0 N–H and O–H groups in total. The van der Waals surface area contributed by atoms with Crippen molar-refractivity contribution < 1.29 is 4.42 Å². The molecule has 1 aromatic heterocycles. The number of anilines is 5. The maximum atomic E-state index is 7.86. The van der Waals surface area contributed by atoms with Gasteiger partial charge in [-0.2, -0.15) is 0 Å². The summed E-state index contributed by atoms with van der Waals surface area (Å²) >= 11 is 0. The third kappa shape index (κ3) is 6.99. The summed E-state index contributed by atoms with van der Waals surface area (Å²) in [5.41, 5.74) is 24.2. The van der Waals surface area contributed by atoms with Gasteiger partial charge in [-0.25, -0.2) is 0 Å². The van der Waals surface area contributed by atoms with Crippen LogP contribution in [0.1, 0.15) is 220 Å². The molecule has 2 unspecified atom stereocenters. The van der Waals surface area contributed by atoms with E-state index in [1.807, 2.05) is 0 Å². The molecule has 2 atom stereocenters. The Balaban J connectivity index is 1.34. The number of fused-ring (bicyclic) bond motifs is 7. The molecule has 2 aliphatic heterocycles. The van der Waals surface area contributed by atoms with Gasteiger partial charge < -0.3 is 14.2 Å². The Morgan fingerprint density at radius 3 is 1.93 bits per heavy atom. The Bertz CT molecular complexity index is 2800. The molecular formula is C63H85BN2O. The van der Waals surface area contributed by atoms with E-state index >= 15 is 0 Å². The maximum absolute atomic E-state index is 7.86. The SMILES string of the molecule is Cc1cc2c3c(c1)N(C1C=CC4=C(C1)C(C)(C)CCC4(C)C)c1c(oc4c1C(C)(C)CCC4(C)C)B3c1cc3c(cc1N2c1cc(C(C)(C)C)c(C(C)(C)C)cc1C)C(C(C)C)CCC3(C)C. The fourth-order valence-electron chi connectivity index (χ4n) is 14.2. The van der Waals surface area contributed by atoms with Gasteiger partial charge in [0.25, 0.3) is 6.71 Å². The lowest BCUT2D eigenvalue weighted by Gasteiger charge is -2.50. The third-order valence-electron chi connectivity index (χ3n) is 18.6. The van der Waals surface area contributed by atoms with Gasteiger partial charge in [0.05, 0.1) is 17.4 Å². The first-order valence-electron chi connectivity index (χ1n) is 26.5. The van der Waals surface area contributed by atoms with Gasteiger partial charge in [0.2, 0.25) is 0 Å². The van der Waals surface area contributed by atoms with Crippen LogP contribution in [-0.2, 0) is 27.1 Å². The highest BCUT2D eigenvalue weighted by atomic mass is 16.3. The van der Waals surface area contributed by atoms with E-state index in [1.165, 1.54) is 104 Å². The Labute approximate surface area is 407 Å². The minimum atomic E-state index is -0.0760. The van der Waals surface area contributed by atoms with Crippen LogP contribution in [0.2, 0.25) is 0 Å². The molecule has 3 nitrogen and oxygen atoms in total. The normalized spacial score (nSPS) is 23.9. The van der Waals surface area contributed by atoms with Crippen molar-refractivity contribution in [3.8, 4) is 0 Å². The van der Waals surface area contributed by atoms with Crippen molar-refractivity contribution in [1.82, 2.24) is 0 Å². The lowest BCUT2D eigenvalue weighted by atomic mass is 9.35. The molecular weight excluding hydrogens is 812 g/mol. The largest absolute Gasteiger partial charge is 0.472 e. The van der Waals surface area contributed by atoms with E-state index in [4.69, 9.17) is 4.42 Å². The molecule has 0 amide bonds. The zero-order valence-electron chi connectivity index (χ0n) is 45.7. The van der Waals surface area contributed by atoms with Gasteiger partial charge in [-0.15, -0.1) is 0 Å². The zero-order valence-corrected chi connectivity index (χ0v) is 45.7. The summed E-state index contributed by atoms with van der Waals surface area (Å²) in [5.74, 6) is 2.29. The fourth-order valence-corrected chi connectivity index (χ4v) is 14.2. The number of aryl methyl sites for hydroxylation is 2. The second-order valence-electron chi connectivity index (χ2n) is 28.4. The van der Waals surface area contributed by atoms with Crippen molar-refractivity contribution in [2.75, 3.05) is 9.80 Å². The number of furan rings is 1. The van der Waals surface area contributed by atoms with E-state index < -0.39 is 0 Å². The molecule has 356 valence electrons. The van der Waals surface area contributed by atoms with Gasteiger partial charge in [-0.1, -0.05) is 154 Å². The molecule has 10 rings (SSSR count). The Hall–Kier alpha value is -3.92. The van der Waals surface area contributed by atoms with Crippen LogP contribution in [-0.4, -0.2) is 12.8 Å². The minimum Gasteiger partial charge on any atom is -0.472 e. The van der Waals surface area contributed by atoms with Crippen molar-refractivity contribution >= 4 is 51.7 Å². The highest BCUT2D eigenvalue weighted by Gasteiger charge is 2.54. The van der Waals surface area contributed by atoms with E-state index in [0.29, 0.717) is 11.8 Å². The van der Waals surface area contributed by atoms with Crippen molar-refractivity contribution in [2.24, 2.45) is 16.7 Å². The predicted molar refractivity (Wildman–Crippen MR) is 290 cm³/mol. The van der Waals surface area contributed by atoms with Crippen LogP contribution in [0, 0.1) is 30.6 Å². The van der Waals surface area contributed by atoms with Gasteiger partial charge in [-0.3, -0.25) is 0 Å². The lowest BCUT2D eigenvalue weighted by Crippen LogP contribution is -2.63. The van der Waals surface area contributed by atoms with Crippen LogP contribution in [0.15, 0.2) is 64.1 Å². The maximum Gasteiger partial charge on any atom is 0.297 e.